The Labute approximate surface area is 113 Å². The predicted molar refractivity (Wildman–Crippen MR) is 72.5 cm³/mol. The summed E-state index contributed by atoms with van der Waals surface area (Å²) in [5.74, 6) is -0.0844. The number of benzene rings is 1. The molecule has 0 radical (unpaired) electrons. The van der Waals surface area contributed by atoms with Crippen LogP contribution in [0.4, 0.5) is 0 Å². The summed E-state index contributed by atoms with van der Waals surface area (Å²) in [6.07, 6.45) is 1.18. The first-order chi connectivity index (χ1) is 8.31. The summed E-state index contributed by atoms with van der Waals surface area (Å²) in [5.41, 5.74) is 0.999. The molecule has 0 aliphatic carbocycles. The van der Waals surface area contributed by atoms with Crippen LogP contribution in [0.5, 0.6) is 5.75 Å². The Bertz CT molecular complexity index is 453. The first-order valence-electron chi connectivity index (χ1n) is 5.90. The summed E-state index contributed by atoms with van der Waals surface area (Å²) in [5, 5.41) is 9.80. The summed E-state index contributed by atoms with van der Waals surface area (Å²) >= 11 is 6.06. The molecular formula is C14H19ClO3. The summed E-state index contributed by atoms with van der Waals surface area (Å²) in [6.45, 7) is 5.41. The molecule has 1 rings (SSSR count). The van der Waals surface area contributed by atoms with Crippen molar-refractivity contribution in [3.63, 3.8) is 0 Å². The summed E-state index contributed by atoms with van der Waals surface area (Å²) in [7, 11) is 1.60. The average molecular weight is 271 g/mol. The van der Waals surface area contributed by atoms with Crippen molar-refractivity contribution in [2.24, 2.45) is 5.41 Å². The number of hydrogen-bond acceptors (Lipinski definition) is 2. The van der Waals surface area contributed by atoms with Crippen LogP contribution in [0.15, 0.2) is 12.1 Å². The zero-order chi connectivity index (χ0) is 13.9. The SMILES string of the molecule is CCc1cc(Cl)cc(CC(C)(C)C(=O)O)c1OC. The van der Waals surface area contributed by atoms with Gasteiger partial charge in [-0.1, -0.05) is 18.5 Å². The smallest absolute Gasteiger partial charge is 0.309 e. The van der Waals surface area contributed by atoms with Crippen LogP contribution in [0, 0.1) is 5.41 Å². The highest BCUT2D eigenvalue weighted by molar-refractivity contribution is 6.30. The third kappa shape index (κ3) is 3.16. The molecule has 0 aliphatic rings. The second-order valence-electron chi connectivity index (χ2n) is 4.98. The van der Waals surface area contributed by atoms with Gasteiger partial charge in [-0.05, 0) is 49.9 Å². The molecule has 18 heavy (non-hydrogen) atoms. The maximum Gasteiger partial charge on any atom is 0.309 e. The van der Waals surface area contributed by atoms with Crippen molar-refractivity contribution in [2.45, 2.75) is 33.6 Å². The fourth-order valence-electron chi connectivity index (χ4n) is 1.92. The molecule has 0 atom stereocenters. The number of aryl methyl sites for hydroxylation is 1. The molecule has 0 aliphatic heterocycles. The molecule has 0 fully saturated rings. The summed E-state index contributed by atoms with van der Waals surface area (Å²) in [6, 6.07) is 3.64. The highest BCUT2D eigenvalue weighted by atomic mass is 35.5. The lowest BCUT2D eigenvalue weighted by Gasteiger charge is -2.22. The number of carboxylic acids is 1. The Morgan fingerprint density at radius 1 is 1.39 bits per heavy atom. The normalized spacial score (nSPS) is 11.4. The Balaban J connectivity index is 3.23. The standard InChI is InChI=1S/C14H19ClO3/c1-5-9-6-11(15)7-10(12(9)18-4)8-14(2,3)13(16)17/h6-7H,5,8H2,1-4H3,(H,16,17). The molecule has 3 nitrogen and oxygen atoms in total. The van der Waals surface area contributed by atoms with E-state index in [0.29, 0.717) is 11.4 Å². The Morgan fingerprint density at radius 2 is 1.94 bits per heavy atom. The van der Waals surface area contributed by atoms with Crippen molar-refractivity contribution in [2.75, 3.05) is 7.11 Å². The maximum atomic E-state index is 11.2. The number of ether oxygens (including phenoxy) is 1. The van der Waals surface area contributed by atoms with E-state index in [9.17, 15) is 9.90 Å². The van der Waals surface area contributed by atoms with Crippen molar-refractivity contribution < 1.29 is 14.6 Å². The van der Waals surface area contributed by atoms with Gasteiger partial charge in [-0.15, -0.1) is 0 Å². The molecule has 0 spiro atoms. The third-order valence-electron chi connectivity index (χ3n) is 3.00. The first kappa shape index (κ1) is 14.8. The highest BCUT2D eigenvalue weighted by Gasteiger charge is 2.29. The fourth-order valence-corrected chi connectivity index (χ4v) is 2.18. The second-order valence-corrected chi connectivity index (χ2v) is 5.41. The van der Waals surface area contributed by atoms with Crippen molar-refractivity contribution in [1.82, 2.24) is 0 Å². The van der Waals surface area contributed by atoms with Crippen LogP contribution in [0.25, 0.3) is 0 Å². The molecule has 0 saturated carbocycles. The lowest BCUT2D eigenvalue weighted by molar-refractivity contribution is -0.146. The highest BCUT2D eigenvalue weighted by Crippen LogP contribution is 2.33. The van der Waals surface area contributed by atoms with E-state index in [2.05, 4.69) is 0 Å². The second kappa shape index (κ2) is 5.61. The van der Waals surface area contributed by atoms with Gasteiger partial charge >= 0.3 is 5.97 Å². The minimum Gasteiger partial charge on any atom is -0.496 e. The number of carboxylic acid groups (broad SMARTS) is 1. The molecule has 0 heterocycles. The minimum atomic E-state index is -0.844. The number of aliphatic carboxylic acids is 1. The van der Waals surface area contributed by atoms with Gasteiger partial charge in [0.1, 0.15) is 5.75 Å². The molecule has 0 aromatic heterocycles. The van der Waals surface area contributed by atoms with Crippen LogP contribution < -0.4 is 4.74 Å². The van der Waals surface area contributed by atoms with E-state index in [4.69, 9.17) is 16.3 Å². The summed E-state index contributed by atoms with van der Waals surface area (Å²) in [4.78, 5) is 11.2. The van der Waals surface area contributed by atoms with Crippen LogP contribution in [-0.4, -0.2) is 18.2 Å². The molecule has 1 aromatic carbocycles. The summed E-state index contributed by atoms with van der Waals surface area (Å²) < 4.78 is 5.40. The van der Waals surface area contributed by atoms with E-state index in [1.165, 1.54) is 0 Å². The maximum absolute atomic E-state index is 11.2. The van der Waals surface area contributed by atoms with Gasteiger partial charge in [0.05, 0.1) is 12.5 Å². The van der Waals surface area contributed by atoms with E-state index in [0.717, 1.165) is 23.3 Å². The lowest BCUT2D eigenvalue weighted by Crippen LogP contribution is -2.26. The van der Waals surface area contributed by atoms with Gasteiger partial charge in [0, 0.05) is 5.02 Å². The van der Waals surface area contributed by atoms with Crippen molar-refractivity contribution in [1.29, 1.82) is 0 Å². The zero-order valence-electron chi connectivity index (χ0n) is 11.2. The molecule has 0 unspecified atom stereocenters. The van der Waals surface area contributed by atoms with Gasteiger partial charge < -0.3 is 9.84 Å². The topological polar surface area (TPSA) is 46.5 Å². The molecule has 1 aromatic rings. The first-order valence-corrected chi connectivity index (χ1v) is 6.28. The Kier molecular flexibility index (Phi) is 4.63. The molecular weight excluding hydrogens is 252 g/mol. The van der Waals surface area contributed by atoms with E-state index in [1.807, 2.05) is 13.0 Å². The third-order valence-corrected chi connectivity index (χ3v) is 3.22. The molecule has 0 saturated heterocycles. The van der Waals surface area contributed by atoms with Crippen molar-refractivity contribution in [3.8, 4) is 5.75 Å². The molecule has 0 amide bonds. The largest absolute Gasteiger partial charge is 0.496 e. The van der Waals surface area contributed by atoms with Crippen LogP contribution in [0.1, 0.15) is 31.9 Å². The van der Waals surface area contributed by atoms with Gasteiger partial charge in [0.2, 0.25) is 0 Å². The van der Waals surface area contributed by atoms with Gasteiger partial charge in [0.25, 0.3) is 0 Å². The van der Waals surface area contributed by atoms with Crippen molar-refractivity contribution >= 4 is 17.6 Å². The molecule has 0 bridgehead atoms. The lowest BCUT2D eigenvalue weighted by atomic mass is 9.85. The van der Waals surface area contributed by atoms with Gasteiger partial charge in [0.15, 0.2) is 0 Å². The Hall–Kier alpha value is -1.22. The van der Waals surface area contributed by atoms with Gasteiger partial charge in [-0.2, -0.15) is 0 Å². The number of methoxy groups -OCH3 is 1. The van der Waals surface area contributed by atoms with Crippen LogP contribution >= 0.6 is 11.6 Å². The molecule has 1 N–H and O–H groups in total. The monoisotopic (exact) mass is 270 g/mol. The predicted octanol–water partition coefficient (Wildman–Crippen LogP) is 3.56. The number of hydrogen-bond donors (Lipinski definition) is 1. The minimum absolute atomic E-state index is 0.388. The number of halogens is 1. The Morgan fingerprint density at radius 3 is 2.39 bits per heavy atom. The van der Waals surface area contributed by atoms with Crippen LogP contribution in [0.3, 0.4) is 0 Å². The van der Waals surface area contributed by atoms with Gasteiger partial charge in [-0.25, -0.2) is 0 Å². The zero-order valence-corrected chi connectivity index (χ0v) is 12.0. The fraction of sp³-hybridized carbons (Fsp3) is 0.500. The van der Waals surface area contributed by atoms with E-state index >= 15 is 0 Å². The van der Waals surface area contributed by atoms with E-state index < -0.39 is 11.4 Å². The van der Waals surface area contributed by atoms with Crippen molar-refractivity contribution in [3.05, 3.63) is 28.3 Å². The van der Waals surface area contributed by atoms with Crippen LogP contribution in [-0.2, 0) is 17.6 Å². The average Bonchev–Trinajstić information content (AvgIpc) is 2.27. The van der Waals surface area contributed by atoms with Gasteiger partial charge in [-0.3, -0.25) is 4.79 Å². The number of carbonyl (C=O) groups is 1. The van der Waals surface area contributed by atoms with E-state index in [-0.39, 0.29) is 0 Å². The molecule has 100 valence electrons. The number of rotatable bonds is 5. The van der Waals surface area contributed by atoms with Crippen LogP contribution in [0.2, 0.25) is 5.02 Å². The molecule has 4 heteroatoms. The van der Waals surface area contributed by atoms with E-state index in [1.54, 1.807) is 27.0 Å². The quantitative estimate of drug-likeness (QED) is 0.890.